The highest BCUT2D eigenvalue weighted by Gasteiger charge is 2.21. The van der Waals surface area contributed by atoms with E-state index in [0.717, 1.165) is 31.4 Å². The largest absolute Gasteiger partial charge is 0.308 e. The molecule has 2 rings (SSSR count). The maximum Gasteiger partial charge on any atom is 0.268 e. The highest BCUT2D eigenvalue weighted by molar-refractivity contribution is 5.36. The van der Waals surface area contributed by atoms with E-state index in [2.05, 4.69) is 6.92 Å². The summed E-state index contributed by atoms with van der Waals surface area (Å²) in [5, 5.41) is 8.97. The lowest BCUT2D eigenvalue weighted by molar-refractivity contribution is 0.496. The van der Waals surface area contributed by atoms with Gasteiger partial charge in [0.2, 0.25) is 0 Å². The van der Waals surface area contributed by atoms with Gasteiger partial charge in [0.05, 0.1) is 0 Å². The number of rotatable bonds is 2. The molecule has 1 aliphatic carbocycles. The maximum atomic E-state index is 12.1. The van der Waals surface area contributed by atoms with Crippen LogP contribution in [-0.4, -0.2) is 4.57 Å². The van der Waals surface area contributed by atoms with Crippen LogP contribution in [0.1, 0.15) is 49.6 Å². The van der Waals surface area contributed by atoms with E-state index in [1.54, 1.807) is 6.07 Å². The fraction of sp³-hybridized carbons (Fsp3) is 0.538. The van der Waals surface area contributed by atoms with Gasteiger partial charge in [-0.25, -0.2) is 0 Å². The summed E-state index contributed by atoms with van der Waals surface area (Å²) in [6.07, 6.45) is 3.99. The Morgan fingerprint density at radius 1 is 1.56 bits per heavy atom. The van der Waals surface area contributed by atoms with E-state index in [1.165, 1.54) is 5.56 Å². The zero-order valence-corrected chi connectivity index (χ0v) is 9.79. The average Bonchev–Trinajstić information content (AvgIpc) is 2.74. The van der Waals surface area contributed by atoms with Gasteiger partial charge < -0.3 is 4.57 Å². The quantitative estimate of drug-likeness (QED) is 0.760. The van der Waals surface area contributed by atoms with Crippen LogP contribution in [-0.2, 0) is 12.8 Å². The predicted octanol–water partition coefficient (Wildman–Crippen LogP) is 2.18. The summed E-state index contributed by atoms with van der Waals surface area (Å²) in [4.78, 5) is 12.1. The van der Waals surface area contributed by atoms with Crippen molar-refractivity contribution in [2.75, 3.05) is 0 Å². The Morgan fingerprint density at radius 3 is 2.94 bits per heavy atom. The molecule has 0 saturated carbocycles. The molecule has 1 aromatic heterocycles. The van der Waals surface area contributed by atoms with Gasteiger partial charge in [-0.15, -0.1) is 0 Å². The molecular weight excluding hydrogens is 200 g/mol. The highest BCUT2D eigenvalue weighted by Crippen LogP contribution is 2.24. The number of nitrogens with zero attached hydrogens (tertiary/aromatic N) is 2. The first-order valence-corrected chi connectivity index (χ1v) is 5.86. The van der Waals surface area contributed by atoms with Crippen molar-refractivity contribution in [1.29, 1.82) is 5.26 Å². The molecule has 0 bridgehead atoms. The predicted molar refractivity (Wildman–Crippen MR) is 62.4 cm³/mol. The highest BCUT2D eigenvalue weighted by atomic mass is 16.1. The Labute approximate surface area is 95.3 Å². The van der Waals surface area contributed by atoms with Crippen molar-refractivity contribution < 1.29 is 0 Å². The third kappa shape index (κ3) is 1.55. The normalized spacial score (nSPS) is 15.6. The van der Waals surface area contributed by atoms with Crippen molar-refractivity contribution in [3.8, 4) is 6.07 Å². The number of aromatic nitrogens is 1. The molecule has 1 aliphatic rings. The van der Waals surface area contributed by atoms with Crippen LogP contribution in [0, 0.1) is 11.3 Å². The number of hydrogen-bond donors (Lipinski definition) is 0. The van der Waals surface area contributed by atoms with Crippen LogP contribution >= 0.6 is 0 Å². The molecule has 1 aromatic rings. The molecule has 3 heteroatoms. The Hall–Kier alpha value is -1.56. The van der Waals surface area contributed by atoms with Crippen molar-refractivity contribution in [2.24, 2.45) is 0 Å². The number of fused-ring (bicyclic) bond motifs is 1. The maximum absolute atomic E-state index is 12.1. The third-order valence-electron chi connectivity index (χ3n) is 3.44. The molecule has 0 radical (unpaired) electrons. The van der Waals surface area contributed by atoms with Crippen molar-refractivity contribution in [2.45, 2.75) is 45.6 Å². The summed E-state index contributed by atoms with van der Waals surface area (Å²) >= 11 is 0. The average molecular weight is 216 g/mol. The first kappa shape index (κ1) is 10.9. The molecule has 1 heterocycles. The van der Waals surface area contributed by atoms with Crippen LogP contribution in [0.15, 0.2) is 10.9 Å². The first-order chi connectivity index (χ1) is 7.69. The molecule has 0 spiro atoms. The standard InChI is InChI=1S/C13H16N2O/c1-3-9(2)15-12-6-4-5-10(12)7-11(8-14)13(15)16/h7,9H,3-6H2,1-2H3. The van der Waals surface area contributed by atoms with Crippen LogP contribution in [0.4, 0.5) is 0 Å². The number of pyridine rings is 1. The van der Waals surface area contributed by atoms with E-state index >= 15 is 0 Å². The summed E-state index contributed by atoms with van der Waals surface area (Å²) in [5.41, 5.74) is 2.52. The third-order valence-corrected chi connectivity index (χ3v) is 3.44. The first-order valence-electron chi connectivity index (χ1n) is 5.86. The van der Waals surface area contributed by atoms with E-state index in [-0.39, 0.29) is 11.6 Å². The molecule has 0 fully saturated rings. The van der Waals surface area contributed by atoms with Crippen molar-refractivity contribution in [3.05, 3.63) is 33.2 Å². The molecule has 16 heavy (non-hydrogen) atoms. The van der Waals surface area contributed by atoms with Crippen LogP contribution in [0.3, 0.4) is 0 Å². The van der Waals surface area contributed by atoms with Gasteiger partial charge in [-0.05, 0) is 44.2 Å². The smallest absolute Gasteiger partial charge is 0.268 e. The summed E-state index contributed by atoms with van der Waals surface area (Å²) in [6, 6.07) is 3.98. The molecule has 1 unspecified atom stereocenters. The van der Waals surface area contributed by atoms with Gasteiger partial charge in [0.1, 0.15) is 11.6 Å². The summed E-state index contributed by atoms with van der Waals surface area (Å²) in [7, 11) is 0. The lowest BCUT2D eigenvalue weighted by atomic mass is 10.1. The SMILES string of the molecule is CCC(C)n1c2c(cc(C#N)c1=O)CCC2. The fourth-order valence-corrected chi connectivity index (χ4v) is 2.40. The minimum absolute atomic E-state index is 0.113. The van der Waals surface area contributed by atoms with Crippen LogP contribution in [0.5, 0.6) is 0 Å². The molecular formula is C13H16N2O. The number of nitriles is 1. The van der Waals surface area contributed by atoms with Gasteiger partial charge in [-0.3, -0.25) is 4.79 Å². The molecule has 0 aromatic carbocycles. The van der Waals surface area contributed by atoms with E-state index in [9.17, 15) is 4.79 Å². The van der Waals surface area contributed by atoms with Gasteiger partial charge in [-0.2, -0.15) is 5.26 Å². The Kier molecular flexibility index (Phi) is 2.82. The molecule has 0 N–H and O–H groups in total. The monoisotopic (exact) mass is 216 g/mol. The van der Waals surface area contributed by atoms with Gasteiger partial charge in [0, 0.05) is 11.7 Å². The van der Waals surface area contributed by atoms with Gasteiger partial charge in [-0.1, -0.05) is 6.92 Å². The summed E-state index contributed by atoms with van der Waals surface area (Å²) in [6.45, 7) is 4.11. The lowest BCUT2D eigenvalue weighted by Crippen LogP contribution is -2.28. The number of hydrogen-bond acceptors (Lipinski definition) is 2. The van der Waals surface area contributed by atoms with Gasteiger partial charge >= 0.3 is 0 Å². The molecule has 3 nitrogen and oxygen atoms in total. The Morgan fingerprint density at radius 2 is 2.31 bits per heavy atom. The summed E-state index contributed by atoms with van der Waals surface area (Å²) in [5.74, 6) is 0. The zero-order valence-electron chi connectivity index (χ0n) is 9.79. The number of aryl methyl sites for hydroxylation is 1. The Balaban J connectivity index is 2.71. The van der Waals surface area contributed by atoms with Crippen LogP contribution < -0.4 is 5.56 Å². The van der Waals surface area contributed by atoms with Crippen molar-refractivity contribution in [1.82, 2.24) is 4.57 Å². The van der Waals surface area contributed by atoms with E-state index in [1.807, 2.05) is 17.6 Å². The second-order valence-electron chi connectivity index (χ2n) is 4.43. The second-order valence-corrected chi connectivity index (χ2v) is 4.43. The van der Waals surface area contributed by atoms with E-state index in [0.29, 0.717) is 5.56 Å². The van der Waals surface area contributed by atoms with Crippen molar-refractivity contribution >= 4 is 0 Å². The van der Waals surface area contributed by atoms with Crippen LogP contribution in [0.25, 0.3) is 0 Å². The van der Waals surface area contributed by atoms with Gasteiger partial charge in [0.25, 0.3) is 5.56 Å². The minimum atomic E-state index is -0.113. The summed E-state index contributed by atoms with van der Waals surface area (Å²) < 4.78 is 1.83. The Bertz CT molecular complexity index is 508. The van der Waals surface area contributed by atoms with E-state index in [4.69, 9.17) is 5.26 Å². The topological polar surface area (TPSA) is 45.8 Å². The second kappa shape index (κ2) is 4.13. The van der Waals surface area contributed by atoms with Gasteiger partial charge in [0.15, 0.2) is 0 Å². The molecule has 0 saturated heterocycles. The molecule has 0 amide bonds. The lowest BCUT2D eigenvalue weighted by Gasteiger charge is -2.18. The van der Waals surface area contributed by atoms with E-state index < -0.39 is 0 Å². The molecule has 0 aliphatic heterocycles. The van der Waals surface area contributed by atoms with Crippen molar-refractivity contribution in [3.63, 3.8) is 0 Å². The minimum Gasteiger partial charge on any atom is -0.308 e. The molecule has 1 atom stereocenters. The zero-order chi connectivity index (χ0) is 11.7. The molecule has 84 valence electrons. The fourth-order valence-electron chi connectivity index (χ4n) is 2.40. The van der Waals surface area contributed by atoms with Crippen LogP contribution in [0.2, 0.25) is 0 Å².